The van der Waals surface area contributed by atoms with Crippen LogP contribution in [-0.4, -0.2) is 0 Å². The molecule has 0 saturated carbocycles. The highest BCUT2D eigenvalue weighted by molar-refractivity contribution is 6.28. The molecular formula is C59H37N. The molecule has 278 valence electrons. The zero-order valence-corrected chi connectivity index (χ0v) is 32.8. The van der Waals surface area contributed by atoms with Crippen LogP contribution in [0.5, 0.6) is 0 Å². The molecule has 60 heavy (non-hydrogen) atoms. The second-order valence-corrected chi connectivity index (χ2v) is 16.3. The summed E-state index contributed by atoms with van der Waals surface area (Å²) in [5.41, 5.74) is 16.0. The molecule has 1 spiro atoms. The Bertz CT molecular complexity index is 3440. The summed E-state index contributed by atoms with van der Waals surface area (Å²) >= 11 is 0. The Morgan fingerprint density at radius 1 is 0.283 bits per heavy atom. The van der Waals surface area contributed by atoms with Crippen molar-refractivity contribution in [3.05, 3.63) is 247 Å². The van der Waals surface area contributed by atoms with Gasteiger partial charge in [-0.2, -0.15) is 0 Å². The molecule has 2 aliphatic carbocycles. The lowest BCUT2D eigenvalue weighted by Crippen LogP contribution is -2.26. The summed E-state index contributed by atoms with van der Waals surface area (Å²) in [7, 11) is 0. The van der Waals surface area contributed by atoms with Crippen LogP contribution in [0.4, 0.5) is 17.1 Å². The van der Waals surface area contributed by atoms with Crippen molar-refractivity contribution in [2.45, 2.75) is 5.41 Å². The molecule has 0 radical (unpaired) electrons. The molecule has 1 nitrogen and oxygen atoms in total. The van der Waals surface area contributed by atoms with Crippen LogP contribution in [0.3, 0.4) is 0 Å². The van der Waals surface area contributed by atoms with Crippen molar-refractivity contribution in [2.75, 3.05) is 4.90 Å². The number of benzene rings is 11. The molecule has 2 aliphatic rings. The topological polar surface area (TPSA) is 3.24 Å². The van der Waals surface area contributed by atoms with Crippen molar-refractivity contribution < 1.29 is 0 Å². The van der Waals surface area contributed by atoms with Gasteiger partial charge in [0.05, 0.1) is 11.1 Å². The summed E-state index contributed by atoms with van der Waals surface area (Å²) in [5, 5.41) is 10.1. The smallest absolute Gasteiger partial charge is 0.0726 e. The van der Waals surface area contributed by atoms with Crippen molar-refractivity contribution in [1.29, 1.82) is 0 Å². The second-order valence-electron chi connectivity index (χ2n) is 16.3. The summed E-state index contributed by atoms with van der Waals surface area (Å²) in [6.07, 6.45) is 0. The van der Waals surface area contributed by atoms with Gasteiger partial charge < -0.3 is 4.90 Å². The highest BCUT2D eigenvalue weighted by atomic mass is 15.1. The van der Waals surface area contributed by atoms with Crippen LogP contribution in [0.25, 0.3) is 76.5 Å². The highest BCUT2D eigenvalue weighted by Gasteiger charge is 2.51. The molecule has 0 N–H and O–H groups in total. The van der Waals surface area contributed by atoms with Gasteiger partial charge in [-0.1, -0.05) is 194 Å². The highest BCUT2D eigenvalue weighted by Crippen LogP contribution is 2.63. The SMILES string of the molecule is c1ccc2c(c1)-c1ccccc1C21c2ccccc2-c2ccc(N(c3ccc(-c4cccc5ccccc45)cc3)c3cccc4c5ccccc5c5ccccc5c34)cc21. The molecular weight excluding hydrogens is 723 g/mol. The Morgan fingerprint density at radius 3 is 1.35 bits per heavy atom. The van der Waals surface area contributed by atoms with E-state index in [9.17, 15) is 0 Å². The summed E-state index contributed by atoms with van der Waals surface area (Å²) in [5.74, 6) is 0. The maximum atomic E-state index is 2.51. The third-order valence-corrected chi connectivity index (χ3v) is 13.5. The molecule has 1 heteroatoms. The first-order chi connectivity index (χ1) is 29.8. The van der Waals surface area contributed by atoms with Gasteiger partial charge in [-0.05, 0) is 124 Å². The lowest BCUT2D eigenvalue weighted by Gasteiger charge is -2.32. The summed E-state index contributed by atoms with van der Waals surface area (Å²) in [6.45, 7) is 0. The minimum Gasteiger partial charge on any atom is -0.310 e. The first-order valence-electron chi connectivity index (χ1n) is 20.9. The number of hydrogen-bond donors (Lipinski definition) is 0. The molecule has 0 amide bonds. The number of fused-ring (bicyclic) bond motifs is 17. The normalized spacial score (nSPS) is 13.1. The van der Waals surface area contributed by atoms with Crippen LogP contribution in [0, 0.1) is 0 Å². The third kappa shape index (κ3) is 4.47. The van der Waals surface area contributed by atoms with Crippen molar-refractivity contribution >= 4 is 60.2 Å². The van der Waals surface area contributed by atoms with E-state index < -0.39 is 5.41 Å². The molecule has 0 bridgehead atoms. The molecule has 0 atom stereocenters. The maximum absolute atomic E-state index is 2.51. The van der Waals surface area contributed by atoms with E-state index >= 15 is 0 Å². The molecule has 0 unspecified atom stereocenters. The zero-order chi connectivity index (χ0) is 39.4. The van der Waals surface area contributed by atoms with Crippen molar-refractivity contribution in [3.8, 4) is 33.4 Å². The number of hydrogen-bond acceptors (Lipinski definition) is 1. The van der Waals surface area contributed by atoms with Gasteiger partial charge in [0, 0.05) is 16.8 Å². The van der Waals surface area contributed by atoms with Gasteiger partial charge in [-0.15, -0.1) is 0 Å². The fourth-order valence-electron chi connectivity index (χ4n) is 11.0. The third-order valence-electron chi connectivity index (χ3n) is 13.5. The van der Waals surface area contributed by atoms with Crippen molar-refractivity contribution in [1.82, 2.24) is 0 Å². The van der Waals surface area contributed by atoms with Crippen LogP contribution in [0.15, 0.2) is 224 Å². The first-order valence-corrected chi connectivity index (χ1v) is 20.9. The standard InChI is InChI=1S/C59H37N/c1-2-17-42-38(15-1)16-13-25-43(42)39-31-33-40(34-32-39)60(57-30-14-26-52-46-19-4-3-18-44(46)45-20-5-6-24-51(45)58(52)57)41-35-36-50-49-23-9-12-29-55(49)59(56(50)37-41)53-27-10-7-21-47(53)48-22-8-11-28-54(48)59/h1-37H. The van der Waals surface area contributed by atoms with Crippen LogP contribution in [0.2, 0.25) is 0 Å². The quantitative estimate of drug-likeness (QED) is 0.162. The van der Waals surface area contributed by atoms with E-state index in [4.69, 9.17) is 0 Å². The molecule has 11 aromatic rings. The fourth-order valence-corrected chi connectivity index (χ4v) is 11.0. The van der Waals surface area contributed by atoms with E-state index in [0.29, 0.717) is 0 Å². The summed E-state index contributed by atoms with van der Waals surface area (Å²) in [6, 6.07) is 83.7. The van der Waals surface area contributed by atoms with Crippen LogP contribution in [-0.2, 0) is 5.41 Å². The zero-order valence-electron chi connectivity index (χ0n) is 32.8. The number of anilines is 3. The van der Waals surface area contributed by atoms with E-state index in [2.05, 4.69) is 229 Å². The number of nitrogens with zero attached hydrogens (tertiary/aromatic N) is 1. The lowest BCUT2D eigenvalue weighted by molar-refractivity contribution is 0.793. The van der Waals surface area contributed by atoms with Gasteiger partial charge in [0.2, 0.25) is 0 Å². The Kier molecular flexibility index (Phi) is 7.00. The molecule has 0 heterocycles. The van der Waals surface area contributed by atoms with Crippen LogP contribution >= 0.6 is 0 Å². The second kappa shape index (κ2) is 12.6. The molecule has 13 rings (SSSR count). The predicted octanol–water partition coefficient (Wildman–Crippen LogP) is 15.8. The van der Waals surface area contributed by atoms with Gasteiger partial charge in [-0.25, -0.2) is 0 Å². The van der Waals surface area contributed by atoms with E-state index in [1.807, 2.05) is 0 Å². The Balaban J connectivity index is 1.10. The molecule has 0 fully saturated rings. The summed E-state index contributed by atoms with van der Waals surface area (Å²) in [4.78, 5) is 2.51. The van der Waals surface area contributed by atoms with E-state index in [1.165, 1.54) is 98.7 Å². The predicted molar refractivity (Wildman–Crippen MR) is 253 cm³/mol. The largest absolute Gasteiger partial charge is 0.310 e. The minimum absolute atomic E-state index is 0.444. The van der Waals surface area contributed by atoms with E-state index in [0.717, 1.165) is 17.1 Å². The van der Waals surface area contributed by atoms with Gasteiger partial charge >= 0.3 is 0 Å². The molecule has 11 aromatic carbocycles. The van der Waals surface area contributed by atoms with Gasteiger partial charge in [0.25, 0.3) is 0 Å². The Morgan fingerprint density at radius 2 is 0.717 bits per heavy atom. The van der Waals surface area contributed by atoms with E-state index in [-0.39, 0.29) is 0 Å². The first kappa shape index (κ1) is 33.3. The number of rotatable bonds is 4. The Labute approximate surface area is 349 Å². The molecule has 0 aliphatic heterocycles. The van der Waals surface area contributed by atoms with Crippen LogP contribution in [0.1, 0.15) is 22.3 Å². The molecule has 0 aromatic heterocycles. The van der Waals surface area contributed by atoms with Gasteiger partial charge in [0.1, 0.15) is 0 Å². The average molecular weight is 760 g/mol. The van der Waals surface area contributed by atoms with E-state index in [1.54, 1.807) is 0 Å². The molecule has 0 saturated heterocycles. The monoisotopic (exact) mass is 759 g/mol. The maximum Gasteiger partial charge on any atom is 0.0726 e. The van der Waals surface area contributed by atoms with Gasteiger partial charge in [-0.3, -0.25) is 0 Å². The van der Waals surface area contributed by atoms with Gasteiger partial charge in [0.15, 0.2) is 0 Å². The van der Waals surface area contributed by atoms with Crippen LogP contribution < -0.4 is 4.90 Å². The fraction of sp³-hybridized carbons (Fsp3) is 0.0169. The average Bonchev–Trinajstić information content (AvgIpc) is 3.79. The minimum atomic E-state index is -0.444. The lowest BCUT2D eigenvalue weighted by atomic mass is 9.70. The van der Waals surface area contributed by atoms with Crippen molar-refractivity contribution in [2.24, 2.45) is 0 Å². The summed E-state index contributed by atoms with van der Waals surface area (Å²) < 4.78 is 0. The Hall–Kier alpha value is -7.74. The van der Waals surface area contributed by atoms with Crippen molar-refractivity contribution in [3.63, 3.8) is 0 Å².